The number of carbonyl (C=O) groups is 1. The molecule has 156 valence electrons. The van der Waals surface area contributed by atoms with E-state index in [1.165, 1.54) is 24.3 Å². The van der Waals surface area contributed by atoms with Gasteiger partial charge >= 0.3 is 0 Å². The SMILES string of the molecule is COc1ccc(C)cc1C(C)NC(=O)c1ccc(S(=O)(=O)Nc2ccccc2)cc1. The largest absolute Gasteiger partial charge is 0.496 e. The lowest BCUT2D eigenvalue weighted by Gasteiger charge is -2.18. The van der Waals surface area contributed by atoms with E-state index < -0.39 is 10.0 Å². The number of hydrogen-bond acceptors (Lipinski definition) is 4. The van der Waals surface area contributed by atoms with Crippen LogP contribution in [0.2, 0.25) is 0 Å². The number of nitrogens with one attached hydrogen (secondary N) is 2. The minimum absolute atomic E-state index is 0.0799. The van der Waals surface area contributed by atoms with Crippen molar-refractivity contribution in [2.75, 3.05) is 11.8 Å². The summed E-state index contributed by atoms with van der Waals surface area (Å²) in [7, 11) is -2.15. The van der Waals surface area contributed by atoms with E-state index in [4.69, 9.17) is 4.74 Å². The number of para-hydroxylation sites is 1. The van der Waals surface area contributed by atoms with E-state index >= 15 is 0 Å². The maximum atomic E-state index is 12.6. The van der Waals surface area contributed by atoms with Crippen LogP contribution in [0.15, 0.2) is 77.7 Å². The fourth-order valence-corrected chi connectivity index (χ4v) is 4.11. The van der Waals surface area contributed by atoms with Crippen LogP contribution in [-0.2, 0) is 10.0 Å². The van der Waals surface area contributed by atoms with Crippen molar-refractivity contribution in [2.45, 2.75) is 24.8 Å². The van der Waals surface area contributed by atoms with Gasteiger partial charge in [-0.05, 0) is 56.3 Å². The van der Waals surface area contributed by atoms with E-state index in [1.807, 2.05) is 32.0 Å². The van der Waals surface area contributed by atoms with Crippen LogP contribution in [0, 0.1) is 6.92 Å². The van der Waals surface area contributed by atoms with Crippen LogP contribution in [0.5, 0.6) is 5.75 Å². The summed E-state index contributed by atoms with van der Waals surface area (Å²) in [5.74, 6) is 0.396. The Morgan fingerprint density at radius 1 is 0.967 bits per heavy atom. The van der Waals surface area contributed by atoms with Gasteiger partial charge in [0.25, 0.3) is 15.9 Å². The van der Waals surface area contributed by atoms with Gasteiger partial charge in [-0.15, -0.1) is 0 Å². The molecule has 0 spiro atoms. The van der Waals surface area contributed by atoms with Crippen molar-refractivity contribution >= 4 is 21.6 Å². The third-order valence-electron chi connectivity index (χ3n) is 4.65. The molecular weight excluding hydrogens is 400 g/mol. The summed E-state index contributed by atoms with van der Waals surface area (Å²) in [5.41, 5.74) is 2.77. The Labute approximate surface area is 177 Å². The number of anilines is 1. The Balaban J connectivity index is 1.73. The zero-order valence-corrected chi connectivity index (χ0v) is 17.9. The average molecular weight is 425 g/mol. The fourth-order valence-electron chi connectivity index (χ4n) is 3.06. The number of ether oxygens (including phenoxy) is 1. The highest BCUT2D eigenvalue weighted by Gasteiger charge is 2.18. The topological polar surface area (TPSA) is 84.5 Å². The predicted octanol–water partition coefficient (Wildman–Crippen LogP) is 4.30. The van der Waals surface area contributed by atoms with E-state index in [-0.39, 0.29) is 16.8 Å². The average Bonchev–Trinajstić information content (AvgIpc) is 2.74. The summed E-state index contributed by atoms with van der Waals surface area (Å²) in [5, 5.41) is 2.93. The maximum absolute atomic E-state index is 12.6. The molecule has 1 unspecified atom stereocenters. The van der Waals surface area contributed by atoms with Crippen molar-refractivity contribution in [3.8, 4) is 5.75 Å². The fraction of sp³-hybridized carbons (Fsp3) is 0.174. The minimum Gasteiger partial charge on any atom is -0.496 e. The van der Waals surface area contributed by atoms with Crippen molar-refractivity contribution in [3.05, 3.63) is 89.5 Å². The quantitative estimate of drug-likeness (QED) is 0.592. The highest BCUT2D eigenvalue weighted by molar-refractivity contribution is 7.92. The molecule has 2 N–H and O–H groups in total. The van der Waals surface area contributed by atoms with E-state index in [2.05, 4.69) is 10.0 Å². The third-order valence-corrected chi connectivity index (χ3v) is 6.05. The van der Waals surface area contributed by atoms with Crippen LogP contribution in [0.3, 0.4) is 0 Å². The normalized spacial score (nSPS) is 12.1. The van der Waals surface area contributed by atoms with Crippen molar-refractivity contribution in [1.29, 1.82) is 0 Å². The maximum Gasteiger partial charge on any atom is 0.261 e. The summed E-state index contributed by atoms with van der Waals surface area (Å²) in [6.45, 7) is 3.85. The van der Waals surface area contributed by atoms with Crippen LogP contribution in [0.4, 0.5) is 5.69 Å². The molecular formula is C23H24N2O4S. The van der Waals surface area contributed by atoms with E-state index in [1.54, 1.807) is 37.4 Å². The Morgan fingerprint density at radius 3 is 2.27 bits per heavy atom. The lowest BCUT2D eigenvalue weighted by atomic mass is 10.0. The first-order chi connectivity index (χ1) is 14.3. The smallest absolute Gasteiger partial charge is 0.261 e. The summed E-state index contributed by atoms with van der Waals surface area (Å²) < 4.78 is 32.9. The Kier molecular flexibility index (Phi) is 6.42. The second kappa shape index (κ2) is 9.00. The van der Waals surface area contributed by atoms with Crippen LogP contribution >= 0.6 is 0 Å². The Bertz CT molecular complexity index is 1130. The first-order valence-corrected chi connectivity index (χ1v) is 10.9. The molecule has 6 nitrogen and oxygen atoms in total. The molecule has 0 aliphatic heterocycles. The molecule has 0 aromatic heterocycles. The molecule has 0 aliphatic rings. The first-order valence-electron chi connectivity index (χ1n) is 9.43. The van der Waals surface area contributed by atoms with Gasteiger partial charge in [-0.25, -0.2) is 8.42 Å². The molecule has 3 aromatic rings. The van der Waals surface area contributed by atoms with Gasteiger partial charge in [-0.2, -0.15) is 0 Å². The minimum atomic E-state index is -3.73. The van der Waals surface area contributed by atoms with Crippen LogP contribution in [0.1, 0.15) is 34.5 Å². The van der Waals surface area contributed by atoms with Crippen molar-refractivity contribution < 1.29 is 17.9 Å². The molecule has 3 rings (SSSR count). The van der Waals surface area contributed by atoms with E-state index in [0.29, 0.717) is 17.0 Å². The predicted molar refractivity (Wildman–Crippen MR) is 117 cm³/mol. The van der Waals surface area contributed by atoms with Gasteiger partial charge in [0.15, 0.2) is 0 Å². The Hall–Kier alpha value is -3.32. The van der Waals surface area contributed by atoms with E-state index in [0.717, 1.165) is 11.1 Å². The standard InChI is InChI=1S/C23H24N2O4S/c1-16-9-14-22(29-3)21(15-16)17(2)24-23(26)18-10-12-20(13-11-18)30(27,28)25-19-7-5-4-6-8-19/h4-15,17,25H,1-3H3,(H,24,26). The number of hydrogen-bond donors (Lipinski definition) is 2. The molecule has 7 heteroatoms. The molecule has 0 saturated heterocycles. The molecule has 0 radical (unpaired) electrons. The van der Waals surface area contributed by atoms with Crippen LogP contribution < -0.4 is 14.8 Å². The molecule has 1 atom stereocenters. The zero-order chi connectivity index (χ0) is 21.7. The molecule has 0 saturated carbocycles. The summed E-state index contributed by atoms with van der Waals surface area (Å²) >= 11 is 0. The highest BCUT2D eigenvalue weighted by Crippen LogP contribution is 2.26. The number of benzene rings is 3. The zero-order valence-electron chi connectivity index (χ0n) is 17.0. The monoisotopic (exact) mass is 424 g/mol. The highest BCUT2D eigenvalue weighted by atomic mass is 32.2. The van der Waals surface area contributed by atoms with Crippen LogP contribution in [0.25, 0.3) is 0 Å². The molecule has 0 aliphatic carbocycles. The molecule has 0 fully saturated rings. The van der Waals surface area contributed by atoms with Gasteiger partial charge < -0.3 is 10.1 Å². The van der Waals surface area contributed by atoms with Gasteiger partial charge in [0.1, 0.15) is 5.75 Å². The van der Waals surface area contributed by atoms with Gasteiger partial charge in [0, 0.05) is 16.8 Å². The number of aryl methyl sites for hydroxylation is 1. The summed E-state index contributed by atoms with van der Waals surface area (Å²) in [6.07, 6.45) is 0. The van der Waals surface area contributed by atoms with Gasteiger partial charge in [-0.3, -0.25) is 9.52 Å². The Morgan fingerprint density at radius 2 is 1.63 bits per heavy atom. The summed E-state index contributed by atoms with van der Waals surface area (Å²) in [4.78, 5) is 12.7. The van der Waals surface area contributed by atoms with Gasteiger partial charge in [-0.1, -0.05) is 35.9 Å². The lowest BCUT2D eigenvalue weighted by Crippen LogP contribution is -2.27. The van der Waals surface area contributed by atoms with Crippen molar-refractivity contribution in [2.24, 2.45) is 0 Å². The van der Waals surface area contributed by atoms with Crippen molar-refractivity contribution in [1.82, 2.24) is 5.32 Å². The molecule has 3 aromatic carbocycles. The lowest BCUT2D eigenvalue weighted by molar-refractivity contribution is 0.0939. The van der Waals surface area contributed by atoms with Gasteiger partial charge in [0.05, 0.1) is 18.0 Å². The third kappa shape index (κ3) is 4.99. The molecule has 0 bridgehead atoms. The number of rotatable bonds is 7. The van der Waals surface area contributed by atoms with Crippen molar-refractivity contribution in [3.63, 3.8) is 0 Å². The van der Waals surface area contributed by atoms with Crippen LogP contribution in [-0.4, -0.2) is 21.4 Å². The van der Waals surface area contributed by atoms with E-state index in [9.17, 15) is 13.2 Å². The number of amides is 1. The van der Waals surface area contributed by atoms with Gasteiger partial charge in [0.2, 0.25) is 0 Å². The molecule has 1 amide bonds. The second-order valence-corrected chi connectivity index (χ2v) is 8.62. The molecule has 30 heavy (non-hydrogen) atoms. The summed E-state index contributed by atoms with van der Waals surface area (Å²) in [6, 6.07) is 19.9. The molecule has 0 heterocycles. The number of methoxy groups -OCH3 is 1. The first kappa shape index (κ1) is 21.4. The number of sulfonamides is 1. The number of carbonyl (C=O) groups excluding carboxylic acids is 1. The second-order valence-electron chi connectivity index (χ2n) is 6.94.